The predicted octanol–water partition coefficient (Wildman–Crippen LogP) is 13.3. The Bertz CT molecular complexity index is 2920. The second kappa shape index (κ2) is 22.5. The van der Waals surface area contributed by atoms with Crippen molar-refractivity contribution in [1.29, 1.82) is 5.26 Å². The molecule has 0 radical (unpaired) electrons. The number of aromatic nitrogens is 2. The predicted molar refractivity (Wildman–Crippen MR) is 286 cm³/mol. The van der Waals surface area contributed by atoms with Crippen LogP contribution in [-0.2, 0) is 38.8 Å². The first-order chi connectivity index (χ1) is 34.0. The summed E-state index contributed by atoms with van der Waals surface area (Å²) in [4.78, 5) is 14.5. The molecule has 2 aliphatic carbocycles. The molecule has 4 aromatic carbocycles. The number of hydrogen-bond acceptors (Lipinski definition) is 9. The first kappa shape index (κ1) is 49.8. The first-order valence-electron chi connectivity index (χ1n) is 23.6. The number of aryl methyl sites for hydroxylation is 4. The zero-order valence-electron chi connectivity index (χ0n) is 39.9. The lowest BCUT2D eigenvalue weighted by molar-refractivity contribution is 0.200. The minimum Gasteiger partial charge on any atom is -0.497 e. The second-order valence-electron chi connectivity index (χ2n) is 18.1. The van der Waals surface area contributed by atoms with Crippen LogP contribution in [0, 0.1) is 11.3 Å². The van der Waals surface area contributed by atoms with Gasteiger partial charge < -0.3 is 18.9 Å². The molecule has 2 fully saturated rings. The molecule has 4 heterocycles. The number of hydrogen-bond donors (Lipinski definition) is 0. The Kier molecular flexibility index (Phi) is 16.0. The average molecular weight is 1100 g/mol. The number of pyridine rings is 2. The van der Waals surface area contributed by atoms with Gasteiger partial charge in [0.05, 0.1) is 45.9 Å². The van der Waals surface area contributed by atoms with E-state index in [-0.39, 0.29) is 6.04 Å². The molecular weight excluding hydrogens is 1050 g/mol. The van der Waals surface area contributed by atoms with Crippen LogP contribution in [0.15, 0.2) is 117 Å². The van der Waals surface area contributed by atoms with Crippen molar-refractivity contribution in [2.75, 3.05) is 48.1 Å². The maximum atomic E-state index is 10.2. The monoisotopic (exact) mass is 1100 g/mol. The summed E-state index contributed by atoms with van der Waals surface area (Å²) in [5, 5.41) is 11.7. The van der Waals surface area contributed by atoms with E-state index in [4.69, 9.17) is 52.1 Å². The summed E-state index contributed by atoms with van der Waals surface area (Å²) in [5.74, 6) is 3.22. The van der Waals surface area contributed by atoms with Crippen molar-refractivity contribution in [3.05, 3.63) is 183 Å². The highest BCUT2D eigenvalue weighted by Crippen LogP contribution is 2.42. The van der Waals surface area contributed by atoms with Crippen LogP contribution in [0.4, 0.5) is 0 Å². The van der Waals surface area contributed by atoms with E-state index in [1.54, 1.807) is 28.4 Å². The number of halogens is 4. The molecule has 2 saturated heterocycles. The molecule has 4 aliphatic rings. The minimum atomic E-state index is -0.244. The number of benzene rings is 4. The van der Waals surface area contributed by atoms with E-state index in [1.807, 2.05) is 54.9 Å². The molecular formula is C57H55Br2Cl2N5O4. The highest BCUT2D eigenvalue weighted by atomic mass is 79.9. The van der Waals surface area contributed by atoms with E-state index < -0.39 is 0 Å². The van der Waals surface area contributed by atoms with Gasteiger partial charge in [0.15, 0.2) is 0 Å². The fraction of sp³-hybridized carbons (Fsp3) is 0.316. The van der Waals surface area contributed by atoms with Crippen molar-refractivity contribution < 1.29 is 18.9 Å². The van der Waals surface area contributed by atoms with E-state index in [0.717, 1.165) is 130 Å². The lowest BCUT2D eigenvalue weighted by atomic mass is 9.86. The molecule has 0 spiro atoms. The van der Waals surface area contributed by atoms with Crippen LogP contribution < -0.4 is 18.9 Å². The number of nitrogens with zero attached hydrogens (tertiary/aromatic N) is 5. The number of rotatable bonds is 8. The summed E-state index contributed by atoms with van der Waals surface area (Å²) in [7, 11) is 6.71. The Morgan fingerprint density at radius 1 is 0.571 bits per heavy atom. The molecule has 2 aromatic heterocycles. The minimum absolute atomic E-state index is 0.244. The highest BCUT2D eigenvalue weighted by Gasteiger charge is 2.31. The molecule has 13 heteroatoms. The van der Waals surface area contributed by atoms with Crippen LogP contribution in [0.5, 0.6) is 23.0 Å². The van der Waals surface area contributed by atoms with Gasteiger partial charge in [-0.1, -0.05) is 58.6 Å². The smallest absolute Gasteiger partial charge is 0.127 e. The van der Waals surface area contributed by atoms with Gasteiger partial charge in [-0.25, -0.2) is 0 Å². The van der Waals surface area contributed by atoms with Gasteiger partial charge in [0.25, 0.3) is 0 Å². The fourth-order valence-corrected chi connectivity index (χ4v) is 11.6. The van der Waals surface area contributed by atoms with Gasteiger partial charge in [0.2, 0.25) is 0 Å². The Morgan fingerprint density at radius 2 is 1.06 bits per heavy atom. The SMILES string of the molecule is COc1ccc(CN2CC/C(=C3/c4ccc(Cl)cc4CCc4cc(Br)cnc43)CC2C#N)c(OC)c1.COc1ccc(CN2CCC(=C3c4ccc(Cl)cc4CCc4cc(Br)cnc43)CC2)c(OC)c1. The van der Waals surface area contributed by atoms with E-state index in [9.17, 15) is 5.26 Å². The van der Waals surface area contributed by atoms with Crippen LogP contribution >= 0.6 is 55.1 Å². The normalized spacial score (nSPS) is 17.8. The number of methoxy groups -OCH3 is 4. The third-order valence-corrected chi connectivity index (χ3v) is 15.3. The van der Waals surface area contributed by atoms with Gasteiger partial charge in [0.1, 0.15) is 29.0 Å². The molecule has 10 rings (SSSR count). The van der Waals surface area contributed by atoms with Crippen LogP contribution in [-0.4, -0.2) is 73.9 Å². The Labute approximate surface area is 438 Å². The second-order valence-corrected chi connectivity index (χ2v) is 20.8. The van der Waals surface area contributed by atoms with Crippen molar-refractivity contribution in [2.24, 2.45) is 0 Å². The number of fused-ring (bicyclic) bond motifs is 4. The molecule has 1 unspecified atom stereocenters. The summed E-state index contributed by atoms with van der Waals surface area (Å²) >= 11 is 20.0. The van der Waals surface area contributed by atoms with Gasteiger partial charge in [-0.05, 0) is 165 Å². The summed E-state index contributed by atoms with van der Waals surface area (Å²) in [5.41, 5.74) is 17.2. The lowest BCUT2D eigenvalue weighted by Crippen LogP contribution is -2.39. The quantitative estimate of drug-likeness (QED) is 0.148. The molecule has 1 atom stereocenters. The van der Waals surface area contributed by atoms with E-state index in [0.29, 0.717) is 13.0 Å². The summed E-state index contributed by atoms with van der Waals surface area (Å²) in [6.45, 7) is 4.29. The number of ether oxygens (including phenoxy) is 4. The third-order valence-electron chi connectivity index (χ3n) is 14.0. The van der Waals surface area contributed by atoms with Crippen LogP contribution in [0.2, 0.25) is 10.0 Å². The van der Waals surface area contributed by atoms with Crippen molar-refractivity contribution in [1.82, 2.24) is 19.8 Å². The van der Waals surface area contributed by atoms with Gasteiger partial charge in [0, 0.05) is 98.5 Å². The van der Waals surface area contributed by atoms with Gasteiger partial charge in [-0.2, -0.15) is 5.26 Å². The fourth-order valence-electron chi connectivity index (χ4n) is 10.4. The van der Waals surface area contributed by atoms with E-state index >= 15 is 0 Å². The van der Waals surface area contributed by atoms with E-state index in [2.05, 4.69) is 90.2 Å². The van der Waals surface area contributed by atoms with Crippen LogP contribution in [0.1, 0.15) is 81.6 Å². The largest absolute Gasteiger partial charge is 0.497 e. The first-order valence-corrected chi connectivity index (χ1v) is 26.0. The molecule has 2 aliphatic heterocycles. The number of nitriles is 1. The molecule has 9 nitrogen and oxygen atoms in total. The van der Waals surface area contributed by atoms with Crippen molar-refractivity contribution in [3.8, 4) is 29.1 Å². The Balaban J connectivity index is 0.000000174. The molecule has 360 valence electrons. The van der Waals surface area contributed by atoms with Crippen molar-refractivity contribution >= 4 is 66.2 Å². The van der Waals surface area contributed by atoms with Crippen LogP contribution in [0.3, 0.4) is 0 Å². The molecule has 0 N–H and O–H groups in total. The highest BCUT2D eigenvalue weighted by molar-refractivity contribution is 9.10. The van der Waals surface area contributed by atoms with Gasteiger partial charge in [-0.15, -0.1) is 0 Å². The van der Waals surface area contributed by atoms with Gasteiger partial charge in [-0.3, -0.25) is 19.8 Å². The molecule has 0 amide bonds. The molecule has 0 saturated carbocycles. The average Bonchev–Trinajstić information content (AvgIpc) is 3.64. The lowest BCUT2D eigenvalue weighted by Gasteiger charge is -2.34. The third kappa shape index (κ3) is 11.0. The molecule has 6 aromatic rings. The maximum Gasteiger partial charge on any atom is 0.127 e. The van der Waals surface area contributed by atoms with E-state index in [1.165, 1.54) is 61.2 Å². The van der Waals surface area contributed by atoms with Crippen LogP contribution in [0.25, 0.3) is 11.1 Å². The van der Waals surface area contributed by atoms with Gasteiger partial charge >= 0.3 is 0 Å². The molecule has 0 bridgehead atoms. The zero-order valence-corrected chi connectivity index (χ0v) is 44.6. The maximum absolute atomic E-state index is 10.2. The number of piperidine rings is 2. The van der Waals surface area contributed by atoms with Crippen molar-refractivity contribution in [3.63, 3.8) is 0 Å². The Morgan fingerprint density at radius 3 is 1.56 bits per heavy atom. The summed E-state index contributed by atoms with van der Waals surface area (Å²) in [6, 6.07) is 31.1. The molecule has 70 heavy (non-hydrogen) atoms. The topological polar surface area (TPSA) is 93.0 Å². The number of likely N-dealkylation sites (tertiary alicyclic amines) is 2. The Hall–Kier alpha value is -5.19. The van der Waals surface area contributed by atoms with Crippen molar-refractivity contribution in [2.45, 2.75) is 70.5 Å². The standard InChI is InChI=1S/C29H27BrClN3O2.C28H28BrClN2O2/c1-35-25-7-5-21(27(14-25)36-2)17-34-10-9-19(13-24(34)15-32)28-26-8-6-23(31)12-18(26)3-4-20-11-22(30)16-33-29(20)28;1-33-24-7-5-21(26(15-24)34-2)17-32-11-9-18(10-12-32)27-25-8-6-23(30)14-19(25)3-4-20-13-22(29)16-31-28(20)27/h5-8,11-12,14,16,24H,3-4,9-10,13,17H2,1-2H3;5-8,13-16H,3-4,9-12,17H2,1-2H3/b28-19+;. The summed E-state index contributed by atoms with van der Waals surface area (Å²) in [6.07, 6.45) is 11.1. The summed E-state index contributed by atoms with van der Waals surface area (Å²) < 4.78 is 23.9. The zero-order chi connectivity index (χ0) is 48.9.